The van der Waals surface area contributed by atoms with Gasteiger partial charge < -0.3 is 5.32 Å². The molecule has 0 aromatic heterocycles. The first-order valence-corrected chi connectivity index (χ1v) is 10.00. The molecule has 0 unspecified atom stereocenters. The van der Waals surface area contributed by atoms with Crippen molar-refractivity contribution in [2.24, 2.45) is 11.3 Å². The minimum atomic E-state index is -3.94. The van der Waals surface area contributed by atoms with Gasteiger partial charge >= 0.3 is 0 Å². The third-order valence-electron chi connectivity index (χ3n) is 4.95. The molecule has 3 rings (SSSR count). The van der Waals surface area contributed by atoms with Crippen LogP contribution in [0.5, 0.6) is 0 Å². The molecule has 0 saturated heterocycles. The van der Waals surface area contributed by atoms with Crippen LogP contribution in [0.15, 0.2) is 29.2 Å². The van der Waals surface area contributed by atoms with Crippen LogP contribution in [-0.4, -0.2) is 37.1 Å². The number of rotatable bonds is 3. The van der Waals surface area contributed by atoms with Crippen molar-refractivity contribution in [3.63, 3.8) is 0 Å². The van der Waals surface area contributed by atoms with Gasteiger partial charge in [-0.2, -0.15) is 0 Å². The van der Waals surface area contributed by atoms with E-state index in [1.54, 1.807) is 12.1 Å². The lowest BCUT2D eigenvalue weighted by atomic mass is 9.70. The highest BCUT2D eigenvalue weighted by molar-refractivity contribution is 7.90. The zero-order chi connectivity index (χ0) is 18.4. The third kappa shape index (κ3) is 3.42. The Bertz CT molecular complexity index is 816. The number of hydrogen-bond donors (Lipinski definition) is 1. The molecule has 1 heterocycles. The van der Waals surface area contributed by atoms with E-state index in [1.165, 1.54) is 12.1 Å². The maximum Gasteiger partial charge on any atom is 0.269 e. The normalized spacial score (nSPS) is 27.0. The van der Waals surface area contributed by atoms with Crippen molar-refractivity contribution < 1.29 is 18.0 Å². The summed E-state index contributed by atoms with van der Waals surface area (Å²) >= 11 is 0. The predicted molar refractivity (Wildman–Crippen MR) is 93.4 cm³/mol. The minimum absolute atomic E-state index is 0.00837. The lowest BCUT2D eigenvalue weighted by Crippen LogP contribution is -2.47. The second-order valence-electron chi connectivity index (χ2n) is 7.99. The van der Waals surface area contributed by atoms with E-state index in [9.17, 15) is 18.0 Å². The molecule has 0 bridgehead atoms. The number of carbonyl (C=O) groups is 2. The fraction of sp³-hybridized carbons (Fsp3) is 0.556. The van der Waals surface area contributed by atoms with Crippen LogP contribution < -0.4 is 5.32 Å². The Morgan fingerprint density at radius 1 is 1.28 bits per heavy atom. The molecule has 0 radical (unpaired) electrons. The highest BCUT2D eigenvalue weighted by Gasteiger charge is 2.42. The number of benzene rings is 1. The maximum absolute atomic E-state index is 12.5. The first kappa shape index (κ1) is 17.9. The zero-order valence-electron chi connectivity index (χ0n) is 14.8. The molecule has 2 amide bonds. The molecule has 1 N–H and O–H groups in total. The van der Waals surface area contributed by atoms with Crippen molar-refractivity contribution >= 4 is 21.8 Å². The summed E-state index contributed by atoms with van der Waals surface area (Å²) in [4.78, 5) is 24.7. The fourth-order valence-electron chi connectivity index (χ4n) is 4.25. The Kier molecular flexibility index (Phi) is 4.39. The van der Waals surface area contributed by atoms with E-state index in [0.717, 1.165) is 19.3 Å². The average Bonchev–Trinajstić information content (AvgIpc) is 2.67. The smallest absolute Gasteiger partial charge is 0.269 e. The summed E-state index contributed by atoms with van der Waals surface area (Å²) in [6.07, 6.45) is 2.83. The monoisotopic (exact) mass is 364 g/mol. The van der Waals surface area contributed by atoms with Crippen LogP contribution in [0.2, 0.25) is 0 Å². The molecule has 25 heavy (non-hydrogen) atoms. The summed E-state index contributed by atoms with van der Waals surface area (Å²) in [6.45, 7) is 6.03. The Balaban J connectivity index is 1.71. The molecule has 1 fully saturated rings. The molecule has 1 aliphatic heterocycles. The topological polar surface area (TPSA) is 83.6 Å². The summed E-state index contributed by atoms with van der Waals surface area (Å²) in [5.41, 5.74) is 0.268. The second kappa shape index (κ2) is 6.12. The highest BCUT2D eigenvalue weighted by atomic mass is 32.2. The third-order valence-corrected chi connectivity index (χ3v) is 6.74. The molecule has 6 nitrogen and oxygen atoms in total. The summed E-state index contributed by atoms with van der Waals surface area (Å²) in [7, 11) is -3.94. The number of nitrogens with zero attached hydrogens (tertiary/aromatic N) is 1. The molecule has 1 aromatic carbocycles. The number of hydrogen-bond acceptors (Lipinski definition) is 4. The van der Waals surface area contributed by atoms with Gasteiger partial charge in [-0.3, -0.25) is 9.59 Å². The number of nitrogens with one attached hydrogen (secondary N) is 1. The van der Waals surface area contributed by atoms with E-state index in [2.05, 4.69) is 26.1 Å². The Morgan fingerprint density at radius 2 is 1.96 bits per heavy atom. The fourth-order valence-corrected chi connectivity index (χ4v) is 5.77. The molecular weight excluding hydrogens is 340 g/mol. The minimum Gasteiger partial charge on any atom is -0.352 e. The van der Waals surface area contributed by atoms with Crippen LogP contribution in [0.4, 0.5) is 0 Å². The predicted octanol–water partition coefficient (Wildman–Crippen LogP) is 2.16. The Hall–Kier alpha value is -1.89. The zero-order valence-corrected chi connectivity index (χ0v) is 15.6. The quantitative estimate of drug-likeness (QED) is 0.891. The second-order valence-corrected chi connectivity index (χ2v) is 9.82. The lowest BCUT2D eigenvalue weighted by Gasteiger charge is -2.39. The Labute approximate surface area is 148 Å². The molecule has 7 heteroatoms. The number of carbonyl (C=O) groups excluding carboxylic acids is 2. The number of amides is 2. The molecule has 2 atom stereocenters. The van der Waals surface area contributed by atoms with Gasteiger partial charge in [-0.1, -0.05) is 32.9 Å². The maximum atomic E-state index is 12.5. The van der Waals surface area contributed by atoms with Crippen molar-refractivity contribution in [3.8, 4) is 0 Å². The van der Waals surface area contributed by atoms with Gasteiger partial charge in [-0.25, -0.2) is 12.7 Å². The molecule has 1 aliphatic carbocycles. The van der Waals surface area contributed by atoms with Crippen LogP contribution in [0.3, 0.4) is 0 Å². The highest BCUT2D eigenvalue weighted by Crippen LogP contribution is 2.38. The van der Waals surface area contributed by atoms with Crippen molar-refractivity contribution in [3.05, 3.63) is 29.8 Å². The van der Waals surface area contributed by atoms with Crippen LogP contribution >= 0.6 is 0 Å². The van der Waals surface area contributed by atoms with Gasteiger partial charge in [-0.05, 0) is 42.7 Å². The van der Waals surface area contributed by atoms with Gasteiger partial charge in [-0.15, -0.1) is 0 Å². The summed E-state index contributed by atoms with van der Waals surface area (Å²) in [6, 6.07) is 6.05. The Morgan fingerprint density at radius 3 is 2.60 bits per heavy atom. The number of sulfonamides is 1. The van der Waals surface area contributed by atoms with Gasteiger partial charge in [0.25, 0.3) is 15.9 Å². The molecule has 2 aliphatic rings. The number of fused-ring (bicyclic) bond motifs is 1. The van der Waals surface area contributed by atoms with E-state index >= 15 is 0 Å². The van der Waals surface area contributed by atoms with Gasteiger partial charge in [0.05, 0.1) is 5.56 Å². The van der Waals surface area contributed by atoms with Gasteiger partial charge in [0.15, 0.2) is 0 Å². The van der Waals surface area contributed by atoms with E-state index in [1.807, 2.05) is 0 Å². The van der Waals surface area contributed by atoms with Crippen molar-refractivity contribution in [1.82, 2.24) is 9.62 Å². The molecule has 0 spiro atoms. The van der Waals surface area contributed by atoms with E-state index in [-0.39, 0.29) is 21.9 Å². The molecule has 136 valence electrons. The summed E-state index contributed by atoms with van der Waals surface area (Å²) in [5, 5.41) is 2.92. The van der Waals surface area contributed by atoms with Crippen molar-refractivity contribution in [2.45, 2.75) is 51.0 Å². The van der Waals surface area contributed by atoms with Crippen LogP contribution in [0.1, 0.15) is 50.4 Å². The van der Waals surface area contributed by atoms with E-state index in [0.29, 0.717) is 10.2 Å². The lowest BCUT2D eigenvalue weighted by molar-refractivity contribution is -0.122. The largest absolute Gasteiger partial charge is 0.352 e. The first-order chi connectivity index (χ1) is 11.6. The molecule has 1 aromatic rings. The average molecular weight is 364 g/mol. The molecule has 1 saturated carbocycles. The van der Waals surface area contributed by atoms with Crippen LogP contribution in [0.25, 0.3) is 0 Å². The summed E-state index contributed by atoms with van der Waals surface area (Å²) < 4.78 is 25.7. The van der Waals surface area contributed by atoms with Crippen LogP contribution in [0, 0.1) is 11.3 Å². The van der Waals surface area contributed by atoms with Gasteiger partial charge in [0.2, 0.25) is 5.91 Å². The van der Waals surface area contributed by atoms with Gasteiger partial charge in [0, 0.05) is 6.04 Å². The SMILES string of the molecule is C[C@@H]1C[C@H](NC(=O)CN2C(=O)c3ccccc3S2(=O)=O)CC(C)(C)C1. The van der Waals surface area contributed by atoms with Crippen molar-refractivity contribution in [1.29, 1.82) is 0 Å². The summed E-state index contributed by atoms with van der Waals surface area (Å²) in [5.74, 6) is -0.571. The van der Waals surface area contributed by atoms with Gasteiger partial charge in [0.1, 0.15) is 11.4 Å². The van der Waals surface area contributed by atoms with E-state index < -0.39 is 28.4 Å². The van der Waals surface area contributed by atoms with Crippen LogP contribution in [-0.2, 0) is 14.8 Å². The van der Waals surface area contributed by atoms with E-state index in [4.69, 9.17) is 0 Å². The standard InChI is InChI=1S/C18H24N2O4S/c1-12-8-13(10-18(2,3)9-12)19-16(21)11-20-17(22)14-6-4-5-7-15(14)25(20,23)24/h4-7,12-13H,8-11H2,1-3H3,(H,19,21)/t12-,13+/m1/s1. The first-order valence-electron chi connectivity index (χ1n) is 8.56. The molecular formula is C18H24N2O4S. The van der Waals surface area contributed by atoms with Crippen molar-refractivity contribution in [2.75, 3.05) is 6.54 Å².